The second-order valence-corrected chi connectivity index (χ2v) is 9.34. The predicted octanol–water partition coefficient (Wildman–Crippen LogP) is 5.66. The van der Waals surface area contributed by atoms with Gasteiger partial charge in [-0.15, -0.1) is 0 Å². The Labute approximate surface area is 151 Å². The first-order valence-electron chi connectivity index (χ1n) is 10.0. The number of hydrogen-bond acceptors (Lipinski definition) is 3. The van der Waals surface area contributed by atoms with Crippen molar-refractivity contribution in [2.45, 2.75) is 71.8 Å². The van der Waals surface area contributed by atoms with Gasteiger partial charge in [-0.25, -0.2) is 4.79 Å². The monoisotopic (exact) mass is 344 g/mol. The number of hydrogen-bond donors (Lipinski definition) is 0. The second kappa shape index (κ2) is 5.89. The molecule has 3 saturated carbocycles. The van der Waals surface area contributed by atoms with Crippen molar-refractivity contribution >= 4 is 6.16 Å². The van der Waals surface area contributed by atoms with E-state index in [1.165, 1.54) is 38.4 Å². The van der Waals surface area contributed by atoms with E-state index in [-0.39, 0.29) is 11.5 Å². The summed E-state index contributed by atoms with van der Waals surface area (Å²) in [6.07, 6.45) is 12.6. The molecule has 3 unspecified atom stereocenters. The Hall–Kier alpha value is -1.25. The molecule has 0 aromatic carbocycles. The van der Waals surface area contributed by atoms with Gasteiger partial charge in [-0.1, -0.05) is 44.1 Å². The predicted molar refractivity (Wildman–Crippen MR) is 98.1 cm³/mol. The van der Waals surface area contributed by atoms with E-state index in [1.54, 1.807) is 5.57 Å². The molecule has 4 rings (SSSR count). The van der Waals surface area contributed by atoms with Crippen LogP contribution in [0, 0.1) is 28.6 Å². The van der Waals surface area contributed by atoms with Gasteiger partial charge in [0.15, 0.2) is 0 Å². The molecule has 25 heavy (non-hydrogen) atoms. The fourth-order valence-electron chi connectivity index (χ4n) is 6.51. The fourth-order valence-corrected chi connectivity index (χ4v) is 6.51. The smallest absolute Gasteiger partial charge is 0.438 e. The third-order valence-electron chi connectivity index (χ3n) is 8.43. The van der Waals surface area contributed by atoms with Crippen molar-refractivity contribution in [3.63, 3.8) is 0 Å². The van der Waals surface area contributed by atoms with E-state index in [9.17, 15) is 4.79 Å². The van der Waals surface area contributed by atoms with Crippen LogP contribution in [0.15, 0.2) is 23.3 Å². The molecule has 0 aliphatic heterocycles. The van der Waals surface area contributed by atoms with E-state index in [1.807, 2.05) is 0 Å². The molecule has 0 saturated heterocycles. The minimum atomic E-state index is -0.547. The van der Waals surface area contributed by atoms with Crippen LogP contribution >= 0.6 is 0 Å². The van der Waals surface area contributed by atoms with Crippen molar-refractivity contribution in [1.82, 2.24) is 0 Å². The Morgan fingerprint density at radius 3 is 2.64 bits per heavy atom. The van der Waals surface area contributed by atoms with E-state index in [4.69, 9.17) is 4.74 Å². The molecule has 4 aliphatic rings. The zero-order valence-corrected chi connectivity index (χ0v) is 16.1. The van der Waals surface area contributed by atoms with Crippen LogP contribution in [-0.4, -0.2) is 19.4 Å². The van der Waals surface area contributed by atoms with Gasteiger partial charge >= 0.3 is 6.16 Å². The summed E-state index contributed by atoms with van der Waals surface area (Å²) in [6, 6.07) is 0. The lowest BCUT2D eigenvalue weighted by Crippen LogP contribution is -2.46. The highest BCUT2D eigenvalue weighted by Crippen LogP contribution is 2.64. The molecule has 6 atom stereocenters. The first-order valence-corrected chi connectivity index (χ1v) is 10.0. The summed E-state index contributed by atoms with van der Waals surface area (Å²) in [7, 11) is 1.38. The Kier molecular flexibility index (Phi) is 4.05. The van der Waals surface area contributed by atoms with E-state index in [0.29, 0.717) is 11.3 Å². The molecule has 0 amide bonds. The van der Waals surface area contributed by atoms with Crippen LogP contribution in [0.1, 0.15) is 65.7 Å². The van der Waals surface area contributed by atoms with Crippen LogP contribution in [0.3, 0.4) is 0 Å². The summed E-state index contributed by atoms with van der Waals surface area (Å²) in [6.45, 7) is 7.46. The average Bonchev–Trinajstić information content (AvgIpc) is 2.90. The zero-order valence-electron chi connectivity index (χ0n) is 16.1. The van der Waals surface area contributed by atoms with Gasteiger partial charge in [0, 0.05) is 6.42 Å². The highest BCUT2D eigenvalue weighted by molar-refractivity contribution is 5.60. The molecule has 0 aromatic heterocycles. The summed E-state index contributed by atoms with van der Waals surface area (Å²) < 4.78 is 10.1. The molecule has 0 heterocycles. The molecule has 3 fully saturated rings. The summed E-state index contributed by atoms with van der Waals surface area (Å²) in [5.74, 6) is 2.32. The van der Waals surface area contributed by atoms with Gasteiger partial charge < -0.3 is 9.47 Å². The average molecular weight is 344 g/mol. The van der Waals surface area contributed by atoms with E-state index >= 15 is 0 Å². The number of methoxy groups -OCH3 is 1. The van der Waals surface area contributed by atoms with Crippen LogP contribution in [0.5, 0.6) is 0 Å². The van der Waals surface area contributed by atoms with E-state index in [0.717, 1.165) is 31.1 Å². The molecule has 3 heteroatoms. The fraction of sp³-hybridized carbons (Fsp3) is 0.773. The Morgan fingerprint density at radius 2 is 1.88 bits per heavy atom. The Morgan fingerprint density at radius 1 is 1.08 bits per heavy atom. The zero-order chi connectivity index (χ0) is 17.8. The lowest BCUT2D eigenvalue weighted by Gasteiger charge is -2.54. The number of ether oxygens (including phenoxy) is 2. The first kappa shape index (κ1) is 17.2. The van der Waals surface area contributed by atoms with Crippen molar-refractivity contribution in [3.05, 3.63) is 23.3 Å². The topological polar surface area (TPSA) is 35.5 Å². The van der Waals surface area contributed by atoms with Crippen molar-refractivity contribution in [1.29, 1.82) is 0 Å². The third kappa shape index (κ3) is 2.49. The molecule has 4 aliphatic carbocycles. The van der Waals surface area contributed by atoms with Gasteiger partial charge in [-0.05, 0) is 67.1 Å². The second-order valence-electron chi connectivity index (χ2n) is 9.34. The minimum absolute atomic E-state index is 0.0258. The quantitative estimate of drug-likeness (QED) is 0.576. The van der Waals surface area contributed by atoms with Crippen LogP contribution in [0.25, 0.3) is 0 Å². The standard InChI is InChI=1S/C22H32O3/c1-14-5-8-18-17-7-6-15-13-16(25-20(23)24-4)9-11-22(15,3)19(17)10-12-21(14,18)2/h6-7,14,16,18-19H,5,8-13H2,1-4H3/t14?,16-,18?,19?,21+,22-/m0/s1. The molecule has 138 valence electrons. The van der Waals surface area contributed by atoms with Crippen molar-refractivity contribution in [3.8, 4) is 0 Å². The molecular weight excluding hydrogens is 312 g/mol. The largest absolute Gasteiger partial charge is 0.508 e. The molecule has 0 aromatic rings. The van der Waals surface area contributed by atoms with Gasteiger partial charge in [0.25, 0.3) is 0 Å². The van der Waals surface area contributed by atoms with Crippen LogP contribution < -0.4 is 0 Å². The van der Waals surface area contributed by atoms with Gasteiger partial charge in [-0.3, -0.25) is 0 Å². The number of fused-ring (bicyclic) bond motifs is 5. The molecule has 0 bridgehead atoms. The maximum absolute atomic E-state index is 11.5. The van der Waals surface area contributed by atoms with Crippen LogP contribution in [0.2, 0.25) is 0 Å². The summed E-state index contributed by atoms with van der Waals surface area (Å²) in [5, 5.41) is 0. The van der Waals surface area contributed by atoms with E-state index in [2.05, 4.69) is 37.7 Å². The maximum atomic E-state index is 11.5. The number of allylic oxidation sites excluding steroid dienone is 3. The highest BCUT2D eigenvalue weighted by atomic mass is 16.7. The lowest BCUT2D eigenvalue weighted by atomic mass is 9.50. The first-order chi connectivity index (χ1) is 11.9. The summed E-state index contributed by atoms with van der Waals surface area (Å²) in [4.78, 5) is 11.5. The minimum Gasteiger partial charge on any atom is -0.438 e. The molecular formula is C22H32O3. The maximum Gasteiger partial charge on any atom is 0.508 e. The normalized spacial score (nSPS) is 45.4. The van der Waals surface area contributed by atoms with E-state index < -0.39 is 6.16 Å². The Balaban J connectivity index is 1.60. The Bertz CT molecular complexity index is 633. The van der Waals surface area contributed by atoms with Crippen LogP contribution in [-0.2, 0) is 9.47 Å². The van der Waals surface area contributed by atoms with Gasteiger partial charge in [0.2, 0.25) is 0 Å². The third-order valence-corrected chi connectivity index (χ3v) is 8.43. The summed E-state index contributed by atoms with van der Waals surface area (Å²) in [5.41, 5.74) is 3.98. The van der Waals surface area contributed by atoms with Gasteiger partial charge in [-0.2, -0.15) is 0 Å². The molecule has 0 N–H and O–H groups in total. The molecule has 0 spiro atoms. The lowest BCUT2D eigenvalue weighted by molar-refractivity contribution is 0.00644. The van der Waals surface area contributed by atoms with Crippen LogP contribution in [0.4, 0.5) is 4.79 Å². The summed E-state index contributed by atoms with van der Waals surface area (Å²) >= 11 is 0. The van der Waals surface area contributed by atoms with Gasteiger partial charge in [0.05, 0.1) is 7.11 Å². The number of carbonyl (C=O) groups is 1. The van der Waals surface area contributed by atoms with Crippen molar-refractivity contribution in [2.75, 3.05) is 7.11 Å². The SMILES string of the molecule is COC(=O)O[C@H]1CC[C@@]2(C)C(=CC=C3C4CCC(C)[C@@]4(C)CCC32)C1. The van der Waals surface area contributed by atoms with Gasteiger partial charge in [0.1, 0.15) is 6.10 Å². The highest BCUT2D eigenvalue weighted by Gasteiger charge is 2.55. The molecule has 0 radical (unpaired) electrons. The number of carbonyl (C=O) groups excluding carboxylic acids is 1. The molecule has 3 nitrogen and oxygen atoms in total. The number of rotatable bonds is 1. The van der Waals surface area contributed by atoms with Crippen molar-refractivity contribution in [2.24, 2.45) is 28.6 Å². The van der Waals surface area contributed by atoms with Crippen molar-refractivity contribution < 1.29 is 14.3 Å².